The molecule has 0 spiro atoms. The molecule has 1 radical (unpaired) electrons. The maximum absolute atomic E-state index is 12.6. The number of piperazine rings is 1. The zero-order valence-corrected chi connectivity index (χ0v) is 21.0. The second-order valence-corrected chi connectivity index (χ2v) is 7.91. The molecule has 0 unspecified atom stereocenters. The van der Waals surface area contributed by atoms with E-state index in [1.165, 1.54) is 11.1 Å². The van der Waals surface area contributed by atoms with E-state index in [4.69, 9.17) is 5.53 Å². The number of hydrogen-bond donors (Lipinski definition) is 0. The third-order valence-electron chi connectivity index (χ3n) is 4.73. The van der Waals surface area contributed by atoms with E-state index in [-0.39, 0.29) is 38.5 Å². The molecule has 1 aliphatic rings. The van der Waals surface area contributed by atoms with Crippen molar-refractivity contribution in [1.29, 1.82) is 0 Å². The summed E-state index contributed by atoms with van der Waals surface area (Å²) in [4.78, 5) is 19.9. The Morgan fingerprint density at radius 2 is 1.96 bits per heavy atom. The third kappa shape index (κ3) is 5.77. The molecule has 28 heavy (non-hydrogen) atoms. The molecular formula is C20H21IN5OY-. The van der Waals surface area contributed by atoms with E-state index in [0.717, 1.165) is 35.4 Å². The quantitative estimate of drug-likeness (QED) is 0.133. The van der Waals surface area contributed by atoms with Crippen LogP contribution in [-0.2, 0) is 32.7 Å². The zero-order valence-electron chi connectivity index (χ0n) is 16.0. The molecule has 0 bridgehead atoms. The molecule has 0 atom stereocenters. The van der Waals surface area contributed by atoms with Crippen molar-refractivity contribution in [1.82, 2.24) is 4.90 Å². The van der Waals surface area contributed by atoms with E-state index < -0.39 is 0 Å². The fourth-order valence-electron chi connectivity index (χ4n) is 3.32. The second-order valence-electron chi connectivity index (χ2n) is 6.75. The summed E-state index contributed by atoms with van der Waals surface area (Å²) in [6, 6.07) is 12.8. The minimum absolute atomic E-state index is 0. The largest absolute Gasteiger partial charge is 0.391 e. The van der Waals surface area contributed by atoms with Crippen molar-refractivity contribution in [3.05, 3.63) is 67.1 Å². The van der Waals surface area contributed by atoms with Gasteiger partial charge in [0.15, 0.2) is 5.78 Å². The number of nitrogens with zero attached hydrogens (tertiary/aromatic N) is 5. The summed E-state index contributed by atoms with van der Waals surface area (Å²) in [5, 5.41) is 3.61. The number of ketones is 1. The van der Waals surface area contributed by atoms with Crippen LogP contribution < -0.4 is 4.90 Å². The van der Waals surface area contributed by atoms with Gasteiger partial charge in [0.1, 0.15) is 0 Å². The normalized spacial score (nSPS) is 14.2. The molecule has 1 saturated heterocycles. The first-order chi connectivity index (χ1) is 13.0. The summed E-state index contributed by atoms with van der Waals surface area (Å²) in [6.45, 7) is 8.08. The first kappa shape index (κ1) is 23.3. The van der Waals surface area contributed by atoms with E-state index in [0.29, 0.717) is 17.8 Å². The first-order valence-electron chi connectivity index (χ1n) is 8.82. The van der Waals surface area contributed by atoms with Crippen LogP contribution >= 0.6 is 22.6 Å². The van der Waals surface area contributed by atoms with Gasteiger partial charge >= 0.3 is 0 Å². The van der Waals surface area contributed by atoms with Crippen LogP contribution in [0.2, 0.25) is 0 Å². The Bertz CT molecular complexity index is 905. The Morgan fingerprint density at radius 3 is 2.57 bits per heavy atom. The van der Waals surface area contributed by atoms with Crippen molar-refractivity contribution in [2.75, 3.05) is 37.6 Å². The van der Waals surface area contributed by atoms with Crippen molar-refractivity contribution in [3.63, 3.8) is 0 Å². The van der Waals surface area contributed by atoms with Gasteiger partial charge in [0.05, 0.1) is 12.2 Å². The number of azide groups is 1. The molecule has 0 amide bonds. The maximum Gasteiger partial charge on any atom is 0.176 e. The number of halogens is 1. The third-order valence-corrected chi connectivity index (χ3v) is 5.60. The first-order valence-corrected chi connectivity index (χ1v) is 9.90. The van der Waals surface area contributed by atoms with Crippen LogP contribution in [0, 0.1) is 23.5 Å². The smallest absolute Gasteiger partial charge is 0.176 e. The van der Waals surface area contributed by atoms with E-state index in [1.807, 2.05) is 6.07 Å². The second kappa shape index (κ2) is 10.7. The standard InChI is InChI=1S/C20H21IN5O.Y/c1-14-3-6-19(15(2)11-14)26-9-7-25(8-10-26)13-20(27)16-4-5-18(23-24-22)17(21)12-16;/h3-5,11-12H,7-10,13H2,1-2H3;/q-1;. The molecule has 1 heterocycles. The molecule has 0 saturated carbocycles. The van der Waals surface area contributed by atoms with Crippen LogP contribution in [0.4, 0.5) is 11.4 Å². The Labute approximate surface area is 204 Å². The maximum atomic E-state index is 12.6. The zero-order chi connectivity index (χ0) is 19.4. The number of benzene rings is 2. The van der Waals surface area contributed by atoms with Gasteiger partial charge in [-0.15, -0.1) is 5.56 Å². The van der Waals surface area contributed by atoms with Gasteiger partial charge < -0.3 is 4.90 Å². The van der Waals surface area contributed by atoms with Gasteiger partial charge in [-0.2, -0.15) is 23.8 Å². The van der Waals surface area contributed by atoms with E-state index in [1.54, 1.807) is 18.2 Å². The molecule has 0 aromatic heterocycles. The van der Waals surface area contributed by atoms with Gasteiger partial charge in [0.2, 0.25) is 0 Å². The Morgan fingerprint density at radius 1 is 1.25 bits per heavy atom. The summed E-state index contributed by atoms with van der Waals surface area (Å²) in [7, 11) is 0. The van der Waals surface area contributed by atoms with Crippen molar-refractivity contribution in [3.8, 4) is 0 Å². The Kier molecular flexibility index (Phi) is 8.90. The van der Waals surface area contributed by atoms with Gasteiger partial charge in [-0.3, -0.25) is 9.69 Å². The van der Waals surface area contributed by atoms with Crippen molar-refractivity contribution < 1.29 is 37.5 Å². The van der Waals surface area contributed by atoms with Gasteiger partial charge in [-0.1, -0.05) is 36.8 Å². The molecule has 0 aliphatic carbocycles. The predicted octanol–water partition coefficient (Wildman–Crippen LogP) is 4.65. The topological polar surface area (TPSA) is 72.3 Å². The molecule has 0 N–H and O–H groups in total. The van der Waals surface area contributed by atoms with Gasteiger partial charge in [0.25, 0.3) is 0 Å². The Balaban J connectivity index is 0.00000280. The molecule has 143 valence electrons. The molecule has 6 nitrogen and oxygen atoms in total. The summed E-state index contributed by atoms with van der Waals surface area (Å²) >= 11 is 2.09. The number of anilines is 1. The number of carbonyl (C=O) groups excluding carboxylic acids is 1. The molecule has 2 aromatic carbocycles. The molecule has 1 fully saturated rings. The van der Waals surface area contributed by atoms with Crippen LogP contribution in [0.3, 0.4) is 0 Å². The predicted molar refractivity (Wildman–Crippen MR) is 116 cm³/mol. The average Bonchev–Trinajstić information content (AvgIpc) is 2.64. The van der Waals surface area contributed by atoms with Crippen LogP contribution in [0.1, 0.15) is 21.5 Å². The van der Waals surface area contributed by atoms with Crippen molar-refractivity contribution >= 4 is 39.7 Å². The fourth-order valence-corrected chi connectivity index (χ4v) is 3.95. The van der Waals surface area contributed by atoms with Crippen LogP contribution in [0.25, 0.3) is 10.4 Å². The molecule has 8 heteroatoms. The van der Waals surface area contributed by atoms with Crippen LogP contribution in [0.5, 0.6) is 0 Å². The summed E-state index contributed by atoms with van der Waals surface area (Å²) < 4.78 is 0.784. The van der Waals surface area contributed by atoms with Crippen molar-refractivity contribution in [2.24, 2.45) is 5.11 Å². The van der Waals surface area contributed by atoms with Gasteiger partial charge in [-0.25, -0.2) is 0 Å². The minimum atomic E-state index is 0. The van der Waals surface area contributed by atoms with E-state index in [2.05, 4.69) is 68.4 Å². The number of aryl methyl sites for hydroxylation is 2. The average molecular weight is 563 g/mol. The summed E-state index contributed by atoms with van der Waals surface area (Å²) in [5.74, 6) is 0.0898. The van der Waals surface area contributed by atoms with E-state index >= 15 is 0 Å². The minimum Gasteiger partial charge on any atom is -0.391 e. The van der Waals surface area contributed by atoms with Crippen LogP contribution in [0.15, 0.2) is 35.4 Å². The van der Waals surface area contributed by atoms with Crippen LogP contribution in [-0.4, -0.2) is 43.4 Å². The summed E-state index contributed by atoms with van der Waals surface area (Å²) in [6.07, 6.45) is 0. The SMILES string of the molecule is Cc1c[c-]c(N2CCN(CC(=O)c3ccc(N=[N+]=[N-])c(I)c3)CC2)c(C)c1.[Y]. The molecular weight excluding hydrogens is 542 g/mol. The molecule has 3 rings (SSSR count). The van der Waals surface area contributed by atoms with E-state index in [9.17, 15) is 4.79 Å². The molecule has 2 aromatic rings. The number of rotatable bonds is 5. The number of hydrogen-bond acceptors (Lipinski definition) is 4. The van der Waals surface area contributed by atoms with Gasteiger partial charge in [0, 0.05) is 72.9 Å². The number of Topliss-reactive ketones (excluding diaryl/α,β-unsaturated/α-hetero) is 1. The Hall–Kier alpha value is -0.986. The van der Waals surface area contributed by atoms with Crippen molar-refractivity contribution in [2.45, 2.75) is 13.8 Å². The monoisotopic (exact) mass is 563 g/mol. The number of carbonyl (C=O) groups is 1. The molecule has 1 aliphatic heterocycles. The van der Waals surface area contributed by atoms with Gasteiger partial charge in [-0.05, 0) is 34.2 Å². The fraction of sp³-hybridized carbons (Fsp3) is 0.350. The summed E-state index contributed by atoms with van der Waals surface area (Å²) in [5.41, 5.74) is 13.4.